The molecule has 0 atom stereocenters. The molecule has 0 fully saturated rings. The van der Waals surface area contributed by atoms with E-state index in [0.717, 1.165) is 4.57 Å². The van der Waals surface area contributed by atoms with Gasteiger partial charge in [-0.25, -0.2) is 9.78 Å². The van der Waals surface area contributed by atoms with Gasteiger partial charge in [-0.15, -0.1) is 0 Å². The minimum Gasteiger partial charge on any atom is -0.465 e. The molecule has 7 nitrogen and oxygen atoms in total. The molecular formula is C14H14N4O3. The summed E-state index contributed by atoms with van der Waals surface area (Å²) < 4.78 is 9.31. The van der Waals surface area contributed by atoms with E-state index in [0.29, 0.717) is 22.7 Å². The van der Waals surface area contributed by atoms with Gasteiger partial charge in [-0.1, -0.05) is 0 Å². The molecule has 0 saturated carbocycles. The molecule has 3 aromatic rings. The zero-order valence-corrected chi connectivity index (χ0v) is 11.9. The van der Waals surface area contributed by atoms with Crippen LogP contribution < -0.4 is 11.2 Å². The fourth-order valence-electron chi connectivity index (χ4n) is 2.23. The summed E-state index contributed by atoms with van der Waals surface area (Å²) in [5.74, 6) is 1.25. The SMILES string of the molecule is Cn1c(=O)c2c(nc(/C=C/c3ccco3)n2C)n(C)c1=O. The quantitative estimate of drug-likeness (QED) is 0.696. The van der Waals surface area contributed by atoms with Crippen molar-refractivity contribution in [3.8, 4) is 0 Å². The maximum Gasteiger partial charge on any atom is 0.332 e. The molecule has 3 rings (SSSR count). The number of rotatable bonds is 2. The molecule has 0 spiro atoms. The van der Waals surface area contributed by atoms with Gasteiger partial charge in [0.25, 0.3) is 5.56 Å². The van der Waals surface area contributed by atoms with E-state index in [1.165, 1.54) is 11.6 Å². The third-order valence-electron chi connectivity index (χ3n) is 3.45. The Bertz CT molecular complexity index is 955. The Labute approximate surface area is 119 Å². The van der Waals surface area contributed by atoms with E-state index in [2.05, 4.69) is 4.98 Å². The van der Waals surface area contributed by atoms with Crippen molar-refractivity contribution in [3.63, 3.8) is 0 Å². The van der Waals surface area contributed by atoms with E-state index in [9.17, 15) is 9.59 Å². The molecule has 0 bridgehead atoms. The molecule has 0 aliphatic rings. The molecule has 0 N–H and O–H groups in total. The molecule has 0 aliphatic carbocycles. The molecule has 0 aromatic carbocycles. The molecule has 0 aliphatic heterocycles. The van der Waals surface area contributed by atoms with Crippen LogP contribution in [-0.4, -0.2) is 18.7 Å². The third kappa shape index (κ3) is 1.94. The van der Waals surface area contributed by atoms with Crippen molar-refractivity contribution in [2.75, 3.05) is 0 Å². The second-order valence-electron chi connectivity index (χ2n) is 4.76. The average Bonchev–Trinajstić information content (AvgIpc) is 3.09. The Morgan fingerprint density at radius 2 is 1.86 bits per heavy atom. The summed E-state index contributed by atoms with van der Waals surface area (Å²) in [5.41, 5.74) is -0.00342. The van der Waals surface area contributed by atoms with E-state index in [-0.39, 0.29) is 5.56 Å². The molecule has 0 unspecified atom stereocenters. The number of aromatic nitrogens is 4. The second kappa shape index (κ2) is 4.62. The first-order valence-electron chi connectivity index (χ1n) is 6.34. The van der Waals surface area contributed by atoms with Crippen molar-refractivity contribution < 1.29 is 4.42 Å². The Balaban J connectivity index is 2.26. The van der Waals surface area contributed by atoms with Crippen LogP contribution in [0.15, 0.2) is 32.4 Å². The minimum atomic E-state index is -0.396. The van der Waals surface area contributed by atoms with Gasteiger partial charge in [-0.05, 0) is 24.3 Å². The number of hydrogen-bond donors (Lipinski definition) is 0. The minimum absolute atomic E-state index is 0.360. The van der Waals surface area contributed by atoms with Gasteiger partial charge in [0.1, 0.15) is 11.6 Å². The summed E-state index contributed by atoms with van der Waals surface area (Å²) in [6, 6.07) is 3.60. The van der Waals surface area contributed by atoms with Gasteiger partial charge in [0.2, 0.25) is 0 Å². The van der Waals surface area contributed by atoms with Gasteiger partial charge in [-0.2, -0.15) is 0 Å². The molecule has 108 valence electrons. The van der Waals surface area contributed by atoms with E-state index < -0.39 is 5.69 Å². The van der Waals surface area contributed by atoms with Gasteiger partial charge >= 0.3 is 5.69 Å². The third-order valence-corrected chi connectivity index (χ3v) is 3.45. The molecule has 21 heavy (non-hydrogen) atoms. The Morgan fingerprint density at radius 1 is 1.10 bits per heavy atom. The van der Waals surface area contributed by atoms with Crippen LogP contribution in [0.3, 0.4) is 0 Å². The lowest BCUT2D eigenvalue weighted by atomic mass is 10.4. The number of nitrogens with zero attached hydrogens (tertiary/aromatic N) is 4. The monoisotopic (exact) mass is 286 g/mol. The lowest BCUT2D eigenvalue weighted by Gasteiger charge is -2.02. The Hall–Kier alpha value is -2.83. The highest BCUT2D eigenvalue weighted by Crippen LogP contribution is 2.12. The number of fused-ring (bicyclic) bond motifs is 1. The van der Waals surface area contributed by atoms with Crippen molar-refractivity contribution in [1.29, 1.82) is 0 Å². The van der Waals surface area contributed by atoms with Gasteiger partial charge in [0, 0.05) is 21.1 Å². The highest BCUT2D eigenvalue weighted by atomic mass is 16.3. The highest BCUT2D eigenvalue weighted by molar-refractivity contribution is 5.75. The van der Waals surface area contributed by atoms with Crippen molar-refractivity contribution in [1.82, 2.24) is 18.7 Å². The van der Waals surface area contributed by atoms with Crippen LogP contribution >= 0.6 is 0 Å². The fourth-order valence-corrected chi connectivity index (χ4v) is 2.23. The molecule has 3 aromatic heterocycles. The second-order valence-corrected chi connectivity index (χ2v) is 4.76. The first kappa shape index (κ1) is 13.2. The predicted molar refractivity (Wildman–Crippen MR) is 78.8 cm³/mol. The summed E-state index contributed by atoms with van der Waals surface area (Å²) in [6.45, 7) is 0. The fraction of sp³-hybridized carbons (Fsp3) is 0.214. The summed E-state index contributed by atoms with van der Waals surface area (Å²) >= 11 is 0. The molecule has 0 saturated heterocycles. The lowest BCUT2D eigenvalue weighted by molar-refractivity contribution is 0.557. The highest BCUT2D eigenvalue weighted by Gasteiger charge is 2.15. The maximum absolute atomic E-state index is 12.2. The van der Waals surface area contributed by atoms with Crippen LogP contribution in [0.5, 0.6) is 0 Å². The number of furan rings is 1. The van der Waals surface area contributed by atoms with Crippen LogP contribution in [0.1, 0.15) is 11.6 Å². The molecule has 7 heteroatoms. The number of hydrogen-bond acceptors (Lipinski definition) is 4. The van der Waals surface area contributed by atoms with Gasteiger partial charge in [0.15, 0.2) is 11.2 Å². The largest absolute Gasteiger partial charge is 0.465 e. The van der Waals surface area contributed by atoms with E-state index in [4.69, 9.17) is 4.42 Å². The summed E-state index contributed by atoms with van der Waals surface area (Å²) in [4.78, 5) is 28.5. The first-order valence-corrected chi connectivity index (χ1v) is 6.34. The predicted octanol–water partition coefficient (Wildman–Crippen LogP) is 0.734. The van der Waals surface area contributed by atoms with Crippen LogP contribution in [-0.2, 0) is 21.1 Å². The van der Waals surface area contributed by atoms with Gasteiger partial charge in [-0.3, -0.25) is 13.9 Å². The molecule has 0 radical (unpaired) electrons. The normalized spacial score (nSPS) is 11.8. The van der Waals surface area contributed by atoms with Crippen molar-refractivity contribution >= 4 is 23.3 Å². The van der Waals surface area contributed by atoms with Crippen molar-refractivity contribution in [2.45, 2.75) is 0 Å². The van der Waals surface area contributed by atoms with E-state index in [1.54, 1.807) is 43.1 Å². The summed E-state index contributed by atoms with van der Waals surface area (Å²) in [7, 11) is 4.79. The van der Waals surface area contributed by atoms with Crippen LogP contribution in [0.2, 0.25) is 0 Å². The summed E-state index contributed by atoms with van der Waals surface area (Å²) in [6.07, 6.45) is 5.07. The summed E-state index contributed by atoms with van der Waals surface area (Å²) in [5, 5.41) is 0. The smallest absolute Gasteiger partial charge is 0.332 e. The standard InChI is InChI=1S/C14H14N4O3/c1-16-10(7-6-9-5-4-8-21-9)15-12-11(16)13(19)18(3)14(20)17(12)2/h4-8H,1-3H3/b7-6+. The van der Waals surface area contributed by atoms with Gasteiger partial charge in [0.05, 0.1) is 6.26 Å². The number of aryl methyl sites for hydroxylation is 2. The van der Waals surface area contributed by atoms with E-state index in [1.807, 2.05) is 6.07 Å². The number of imidazole rings is 1. The Kier molecular flexibility index (Phi) is 2.90. The van der Waals surface area contributed by atoms with Crippen molar-refractivity contribution in [3.05, 3.63) is 50.8 Å². The topological polar surface area (TPSA) is 75.0 Å². The average molecular weight is 286 g/mol. The Morgan fingerprint density at radius 3 is 2.52 bits per heavy atom. The van der Waals surface area contributed by atoms with Gasteiger partial charge < -0.3 is 8.98 Å². The molecular weight excluding hydrogens is 272 g/mol. The lowest BCUT2D eigenvalue weighted by Crippen LogP contribution is -2.37. The van der Waals surface area contributed by atoms with Crippen LogP contribution in [0.25, 0.3) is 23.3 Å². The van der Waals surface area contributed by atoms with E-state index >= 15 is 0 Å². The maximum atomic E-state index is 12.2. The zero-order chi connectivity index (χ0) is 15.1. The molecule has 3 heterocycles. The van der Waals surface area contributed by atoms with Crippen LogP contribution in [0.4, 0.5) is 0 Å². The molecule has 0 amide bonds. The van der Waals surface area contributed by atoms with Crippen molar-refractivity contribution in [2.24, 2.45) is 21.1 Å². The van der Waals surface area contributed by atoms with Crippen LogP contribution in [0, 0.1) is 0 Å². The zero-order valence-electron chi connectivity index (χ0n) is 11.9. The first-order chi connectivity index (χ1) is 10.0.